The lowest BCUT2D eigenvalue weighted by Gasteiger charge is -2.15. The van der Waals surface area contributed by atoms with Gasteiger partial charge in [-0.15, -0.1) is 11.3 Å². The maximum absolute atomic E-state index is 12.9. The summed E-state index contributed by atoms with van der Waals surface area (Å²) in [4.78, 5) is 14.9. The molecule has 0 spiro atoms. The van der Waals surface area contributed by atoms with Crippen LogP contribution < -0.4 is 5.14 Å². The zero-order chi connectivity index (χ0) is 21.3. The number of primary sulfonamides is 1. The van der Waals surface area contributed by atoms with Gasteiger partial charge in [-0.25, -0.2) is 13.6 Å². The molecule has 29 heavy (non-hydrogen) atoms. The summed E-state index contributed by atoms with van der Waals surface area (Å²) in [5.74, 6) is 0.0438. The predicted octanol–water partition coefficient (Wildman–Crippen LogP) is 3.88. The van der Waals surface area contributed by atoms with Gasteiger partial charge in [0.1, 0.15) is 0 Å². The lowest BCUT2D eigenvalue weighted by molar-refractivity contribution is 0.0942. The summed E-state index contributed by atoms with van der Waals surface area (Å²) in [5.41, 5.74) is 4.33. The molecule has 0 saturated carbocycles. The predicted molar refractivity (Wildman–Crippen MR) is 119 cm³/mol. The summed E-state index contributed by atoms with van der Waals surface area (Å²) >= 11 is 5.08. The van der Waals surface area contributed by atoms with E-state index in [1.54, 1.807) is 23.5 Å². The van der Waals surface area contributed by atoms with Crippen LogP contribution in [0.15, 0.2) is 50.5 Å². The summed E-state index contributed by atoms with van der Waals surface area (Å²) in [6.07, 6.45) is 0. The van der Waals surface area contributed by atoms with Crippen molar-refractivity contribution in [2.45, 2.75) is 25.3 Å². The van der Waals surface area contributed by atoms with Crippen LogP contribution in [-0.2, 0) is 16.6 Å². The molecule has 0 saturated heterocycles. The summed E-state index contributed by atoms with van der Waals surface area (Å²) in [6, 6.07) is 10.3. The van der Waals surface area contributed by atoms with Crippen LogP contribution in [0.1, 0.15) is 27.3 Å². The van der Waals surface area contributed by atoms with Gasteiger partial charge >= 0.3 is 0 Å². The van der Waals surface area contributed by atoms with E-state index in [0.29, 0.717) is 18.7 Å². The molecule has 3 aromatic rings. The van der Waals surface area contributed by atoms with E-state index >= 15 is 0 Å². The SMILES string of the molecule is Cc1cc(C(=O)CN(C)Cc2csc(Br)c2)c(C)n1-c1ccc(S(N)(=O)=O)cc1. The van der Waals surface area contributed by atoms with Crippen molar-refractivity contribution in [1.82, 2.24) is 9.47 Å². The normalized spacial score (nSPS) is 11.9. The number of thiophene rings is 1. The maximum atomic E-state index is 12.9. The first-order valence-corrected chi connectivity index (χ1v) is 12.0. The molecule has 6 nitrogen and oxygen atoms in total. The molecule has 0 aliphatic rings. The van der Waals surface area contributed by atoms with E-state index < -0.39 is 10.0 Å². The lowest BCUT2D eigenvalue weighted by Crippen LogP contribution is -2.25. The fourth-order valence-corrected chi connectivity index (χ4v) is 5.07. The molecule has 0 radical (unpaired) electrons. The molecule has 0 aliphatic carbocycles. The van der Waals surface area contributed by atoms with Crippen LogP contribution in [0.3, 0.4) is 0 Å². The third-order valence-electron chi connectivity index (χ3n) is 4.64. The number of likely N-dealkylation sites (N-methyl/N-ethyl adjacent to an activating group) is 1. The number of hydrogen-bond donors (Lipinski definition) is 1. The first kappa shape index (κ1) is 21.9. The van der Waals surface area contributed by atoms with E-state index in [2.05, 4.69) is 27.4 Å². The molecular formula is C20H22BrN3O3S2. The van der Waals surface area contributed by atoms with Crippen LogP contribution in [-0.4, -0.2) is 37.3 Å². The van der Waals surface area contributed by atoms with Crippen molar-refractivity contribution in [1.29, 1.82) is 0 Å². The standard InChI is InChI=1S/C20H22BrN3O3S2/c1-13-8-18(19(25)11-23(3)10-15-9-20(21)28-12-15)14(2)24(13)16-4-6-17(7-5-16)29(22,26)27/h4-9,12H,10-11H2,1-3H3,(H2,22,26,27). The van der Waals surface area contributed by atoms with Crippen LogP contribution in [0.5, 0.6) is 0 Å². The number of benzene rings is 1. The van der Waals surface area contributed by atoms with E-state index in [-0.39, 0.29) is 10.7 Å². The summed E-state index contributed by atoms with van der Waals surface area (Å²) in [6.45, 7) is 4.82. The first-order valence-electron chi connectivity index (χ1n) is 8.83. The van der Waals surface area contributed by atoms with Gasteiger partial charge in [0.15, 0.2) is 5.78 Å². The van der Waals surface area contributed by atoms with Gasteiger partial charge in [0.25, 0.3) is 0 Å². The van der Waals surface area contributed by atoms with Gasteiger partial charge < -0.3 is 4.57 Å². The molecule has 0 aliphatic heterocycles. The smallest absolute Gasteiger partial charge is 0.238 e. The number of nitrogens with two attached hydrogens (primary N) is 1. The number of hydrogen-bond acceptors (Lipinski definition) is 5. The van der Waals surface area contributed by atoms with E-state index in [0.717, 1.165) is 26.4 Å². The minimum absolute atomic E-state index is 0.0438. The Kier molecular flexibility index (Phi) is 6.45. The Bertz CT molecular complexity index is 1150. The molecule has 3 rings (SSSR count). The summed E-state index contributed by atoms with van der Waals surface area (Å²) in [7, 11) is -1.81. The second kappa shape index (κ2) is 8.53. The number of sulfonamides is 1. The fraction of sp³-hybridized carbons (Fsp3) is 0.250. The topological polar surface area (TPSA) is 85.4 Å². The highest BCUT2D eigenvalue weighted by Gasteiger charge is 2.19. The van der Waals surface area contributed by atoms with Crippen LogP contribution in [0.25, 0.3) is 5.69 Å². The molecule has 9 heteroatoms. The van der Waals surface area contributed by atoms with E-state index in [1.165, 1.54) is 12.1 Å². The Hall–Kier alpha value is -1.78. The number of halogens is 1. The number of aromatic nitrogens is 1. The minimum Gasteiger partial charge on any atom is -0.318 e. The van der Waals surface area contributed by atoms with Crippen LogP contribution in [0, 0.1) is 13.8 Å². The van der Waals surface area contributed by atoms with Crippen molar-refractivity contribution in [2.24, 2.45) is 5.14 Å². The Balaban J connectivity index is 1.80. The highest BCUT2D eigenvalue weighted by atomic mass is 79.9. The minimum atomic E-state index is -3.74. The van der Waals surface area contributed by atoms with Gasteiger partial charge in [-0.1, -0.05) is 0 Å². The Morgan fingerprint density at radius 2 is 1.86 bits per heavy atom. The Morgan fingerprint density at radius 3 is 2.41 bits per heavy atom. The molecule has 0 bridgehead atoms. The zero-order valence-electron chi connectivity index (χ0n) is 16.3. The lowest BCUT2D eigenvalue weighted by atomic mass is 10.1. The van der Waals surface area contributed by atoms with Crippen molar-refractivity contribution in [3.8, 4) is 5.69 Å². The van der Waals surface area contributed by atoms with Crippen molar-refractivity contribution in [3.63, 3.8) is 0 Å². The number of carbonyl (C=O) groups excluding carboxylic acids is 1. The highest BCUT2D eigenvalue weighted by Crippen LogP contribution is 2.24. The molecule has 0 atom stereocenters. The largest absolute Gasteiger partial charge is 0.318 e. The second-order valence-electron chi connectivity index (χ2n) is 7.01. The van der Waals surface area contributed by atoms with Crippen LogP contribution in [0.4, 0.5) is 0 Å². The number of carbonyl (C=O) groups is 1. The van der Waals surface area contributed by atoms with E-state index in [1.807, 2.05) is 36.4 Å². The maximum Gasteiger partial charge on any atom is 0.238 e. The third kappa shape index (κ3) is 5.04. The average molecular weight is 496 g/mol. The molecule has 0 fully saturated rings. The van der Waals surface area contributed by atoms with Crippen molar-refractivity contribution < 1.29 is 13.2 Å². The van der Waals surface area contributed by atoms with Crippen LogP contribution >= 0.6 is 27.3 Å². The molecule has 1 aromatic carbocycles. The molecule has 2 aromatic heterocycles. The van der Waals surface area contributed by atoms with Crippen LogP contribution in [0.2, 0.25) is 0 Å². The molecule has 0 amide bonds. The number of nitrogens with zero attached hydrogens (tertiary/aromatic N) is 2. The van der Waals surface area contributed by atoms with Gasteiger partial charge in [-0.05, 0) is 84.2 Å². The zero-order valence-corrected chi connectivity index (χ0v) is 19.6. The first-order chi connectivity index (χ1) is 13.6. The van der Waals surface area contributed by atoms with Crippen molar-refractivity contribution in [3.05, 3.63) is 68.1 Å². The molecule has 154 valence electrons. The monoisotopic (exact) mass is 495 g/mol. The van der Waals surface area contributed by atoms with Gasteiger partial charge in [-0.2, -0.15) is 0 Å². The van der Waals surface area contributed by atoms with Crippen molar-refractivity contribution >= 4 is 43.1 Å². The quantitative estimate of drug-likeness (QED) is 0.503. The Morgan fingerprint density at radius 1 is 1.21 bits per heavy atom. The van der Waals surface area contributed by atoms with E-state index in [4.69, 9.17) is 5.14 Å². The summed E-state index contributed by atoms with van der Waals surface area (Å²) in [5, 5.41) is 7.24. The van der Waals surface area contributed by atoms with Gasteiger partial charge in [0.2, 0.25) is 10.0 Å². The van der Waals surface area contributed by atoms with Crippen molar-refractivity contribution in [2.75, 3.05) is 13.6 Å². The number of aryl methyl sites for hydroxylation is 1. The average Bonchev–Trinajstić information content (AvgIpc) is 3.16. The van der Waals surface area contributed by atoms with Gasteiger partial charge in [0, 0.05) is 29.2 Å². The third-order valence-corrected chi connectivity index (χ3v) is 7.13. The highest BCUT2D eigenvalue weighted by molar-refractivity contribution is 9.11. The number of rotatable bonds is 7. The van der Waals surface area contributed by atoms with Gasteiger partial charge in [-0.3, -0.25) is 9.69 Å². The summed E-state index contributed by atoms with van der Waals surface area (Å²) < 4.78 is 25.9. The molecule has 2 N–H and O–H groups in total. The Labute approximate surface area is 183 Å². The second-order valence-corrected chi connectivity index (χ2v) is 10.9. The van der Waals surface area contributed by atoms with Gasteiger partial charge in [0.05, 0.1) is 15.2 Å². The molecule has 2 heterocycles. The molecular weight excluding hydrogens is 474 g/mol. The number of ketones is 1. The molecule has 0 unspecified atom stereocenters. The fourth-order valence-electron chi connectivity index (χ4n) is 3.35. The number of Topliss-reactive ketones (excluding diaryl/α,β-unsaturated/α-hetero) is 1. The van der Waals surface area contributed by atoms with E-state index in [9.17, 15) is 13.2 Å².